The average molecular weight is 1300 g/mol. The fraction of sp³-hybridized carbons (Fsp3) is 0.0816. The normalized spacial score (nSPS) is 15.2. The number of hydrogen-bond donors (Lipinski definition) is 0. The van der Waals surface area contributed by atoms with E-state index in [1.807, 2.05) is 11.3 Å². The van der Waals surface area contributed by atoms with E-state index in [2.05, 4.69) is 331 Å². The molecule has 23 rings (SSSR count). The van der Waals surface area contributed by atoms with Crippen molar-refractivity contribution >= 4 is 54.9 Å². The van der Waals surface area contributed by atoms with E-state index in [9.17, 15) is 0 Å². The zero-order valence-corrected chi connectivity index (χ0v) is 57.0. The standard InChI is InChI=1S/C98H62N2S/c1-95(2)75-33-13-5-23-63(75)69-49-45-57(53-85(69)95)93-91-92(94(101-93)58-46-50-70-64-24-6-14-34-76(64)96(3,4)86(70)54-58)100-90-74-52-56(60-32-22-42-84-88(60)72-30-12-20-40-82(72)98(84)79-37-17-9-27-67(79)68-28-10-18-38-80(68)98)44-48-62(74)61-47-43-55(51-73(61)89(90)99-91)59-31-21-41-83-87(59)71-29-11-19-39-81(71)97(83)77-35-15-7-25-65(77)66-26-8-16-36-78(66)97/h5-54H,1-4H3. The van der Waals surface area contributed by atoms with Crippen molar-refractivity contribution in [2.75, 3.05) is 0 Å². The number of hydrogen-bond acceptors (Lipinski definition) is 3. The van der Waals surface area contributed by atoms with E-state index in [1.54, 1.807) is 0 Å². The molecule has 0 saturated heterocycles. The van der Waals surface area contributed by atoms with Gasteiger partial charge in [0.05, 0.1) is 31.6 Å². The Labute approximate surface area is 590 Å². The molecule has 0 fully saturated rings. The first-order chi connectivity index (χ1) is 49.6. The first-order valence-electron chi connectivity index (χ1n) is 35.6. The summed E-state index contributed by atoms with van der Waals surface area (Å²) < 4.78 is 0. The highest BCUT2D eigenvalue weighted by Crippen LogP contribution is 2.67. The third-order valence-electron chi connectivity index (χ3n) is 24.7. The van der Waals surface area contributed by atoms with Crippen molar-refractivity contribution in [2.45, 2.75) is 49.4 Å². The summed E-state index contributed by atoms with van der Waals surface area (Å²) in [6, 6.07) is 116. The maximum absolute atomic E-state index is 6.26. The number of thiophene rings is 1. The Morgan fingerprint density at radius 3 is 0.851 bits per heavy atom. The van der Waals surface area contributed by atoms with Gasteiger partial charge < -0.3 is 0 Å². The van der Waals surface area contributed by atoms with Gasteiger partial charge in [-0.1, -0.05) is 307 Å². The maximum atomic E-state index is 6.26. The van der Waals surface area contributed by atoms with Crippen LogP contribution in [0.2, 0.25) is 0 Å². The topological polar surface area (TPSA) is 25.8 Å². The minimum absolute atomic E-state index is 0.198. The van der Waals surface area contributed by atoms with Gasteiger partial charge in [0.15, 0.2) is 0 Å². The number of fused-ring (bicyclic) bond motifs is 33. The van der Waals surface area contributed by atoms with Crippen molar-refractivity contribution in [3.05, 3.63) is 370 Å². The predicted octanol–water partition coefficient (Wildman–Crippen LogP) is 25.1. The lowest BCUT2D eigenvalue weighted by molar-refractivity contribution is 0.660. The van der Waals surface area contributed by atoms with Gasteiger partial charge in [-0.15, -0.1) is 11.3 Å². The van der Waals surface area contributed by atoms with Crippen LogP contribution in [0.4, 0.5) is 0 Å². The van der Waals surface area contributed by atoms with Gasteiger partial charge in [0, 0.05) is 21.6 Å². The molecule has 6 aliphatic rings. The fourth-order valence-electron chi connectivity index (χ4n) is 20.5. The summed E-state index contributed by atoms with van der Waals surface area (Å²) in [7, 11) is 0. The first kappa shape index (κ1) is 56.0. The minimum Gasteiger partial charge on any atom is -0.242 e. The van der Waals surface area contributed by atoms with E-state index < -0.39 is 10.8 Å². The second-order valence-electron chi connectivity index (χ2n) is 30.0. The molecule has 0 atom stereocenters. The Morgan fingerprint density at radius 1 is 0.208 bits per heavy atom. The lowest BCUT2D eigenvalue weighted by Gasteiger charge is -2.30. The van der Waals surface area contributed by atoms with Crippen molar-refractivity contribution in [3.8, 4) is 110 Å². The summed E-state index contributed by atoms with van der Waals surface area (Å²) in [6.07, 6.45) is 0. The minimum atomic E-state index is -0.474. The number of rotatable bonds is 4. The Morgan fingerprint density at radius 2 is 0.485 bits per heavy atom. The highest BCUT2D eigenvalue weighted by molar-refractivity contribution is 7.20. The molecule has 17 aromatic rings. The molecule has 2 aromatic heterocycles. The van der Waals surface area contributed by atoms with E-state index in [4.69, 9.17) is 9.97 Å². The summed E-state index contributed by atoms with van der Waals surface area (Å²) in [5, 5.41) is 4.46. The third kappa shape index (κ3) is 6.88. The molecule has 3 heteroatoms. The molecule has 15 aromatic carbocycles. The molecule has 2 heterocycles. The van der Waals surface area contributed by atoms with Gasteiger partial charge in [-0.3, -0.25) is 0 Å². The molecule has 0 N–H and O–H groups in total. The van der Waals surface area contributed by atoms with Gasteiger partial charge in [0.25, 0.3) is 0 Å². The van der Waals surface area contributed by atoms with Crippen molar-refractivity contribution in [1.82, 2.24) is 9.97 Å². The molecule has 0 unspecified atom stereocenters. The maximum Gasteiger partial charge on any atom is 0.109 e. The van der Waals surface area contributed by atoms with Crippen molar-refractivity contribution in [1.29, 1.82) is 0 Å². The van der Waals surface area contributed by atoms with Gasteiger partial charge in [0.2, 0.25) is 0 Å². The molecule has 0 radical (unpaired) electrons. The van der Waals surface area contributed by atoms with E-state index >= 15 is 0 Å². The van der Waals surface area contributed by atoms with Crippen molar-refractivity contribution < 1.29 is 0 Å². The largest absolute Gasteiger partial charge is 0.242 e. The molecule has 6 aliphatic carbocycles. The van der Waals surface area contributed by atoms with Gasteiger partial charge in [-0.2, -0.15) is 0 Å². The van der Waals surface area contributed by atoms with Gasteiger partial charge in [-0.25, -0.2) is 9.97 Å². The zero-order valence-electron chi connectivity index (χ0n) is 56.2. The molecule has 0 aliphatic heterocycles. The van der Waals surface area contributed by atoms with E-state index in [1.165, 1.54) is 145 Å². The predicted molar refractivity (Wildman–Crippen MR) is 419 cm³/mol. The van der Waals surface area contributed by atoms with Crippen molar-refractivity contribution in [2.24, 2.45) is 0 Å². The van der Waals surface area contributed by atoms with E-state index in [-0.39, 0.29) is 10.8 Å². The van der Waals surface area contributed by atoms with Gasteiger partial charge in [0.1, 0.15) is 11.0 Å². The molecular formula is C98H62N2S. The molecule has 0 saturated carbocycles. The lowest BCUT2D eigenvalue weighted by atomic mass is 9.70. The zero-order chi connectivity index (χ0) is 66.6. The third-order valence-corrected chi connectivity index (χ3v) is 26.0. The summed E-state index contributed by atoms with van der Waals surface area (Å²) in [5.74, 6) is 0. The fourth-order valence-corrected chi connectivity index (χ4v) is 21.6. The molecule has 101 heavy (non-hydrogen) atoms. The second-order valence-corrected chi connectivity index (χ2v) is 31.0. The van der Waals surface area contributed by atoms with Crippen LogP contribution in [0.5, 0.6) is 0 Å². The molecule has 2 nitrogen and oxygen atoms in total. The number of benzene rings is 15. The van der Waals surface area contributed by atoms with Crippen LogP contribution in [-0.2, 0) is 21.7 Å². The molecule has 2 spiro atoms. The van der Waals surface area contributed by atoms with Gasteiger partial charge >= 0.3 is 0 Å². The summed E-state index contributed by atoms with van der Waals surface area (Å²) in [4.78, 5) is 14.8. The highest BCUT2D eigenvalue weighted by atomic mass is 32.1. The SMILES string of the molecule is CC1(C)c2ccccc2-c2ccc(-c3sc(-c4ccc5c(c4)C(C)(C)c4ccccc4-5)c4nc5c6cc(-c7cccc8c7-c7ccccc7C87c8ccccc8-c8ccccc87)ccc6c6ccc(-c7cccc8c7-c7ccccc7C87c8ccccc8-c8ccccc87)cc6c5nc34)cc21. The van der Waals surface area contributed by atoms with Crippen LogP contribution in [0.25, 0.3) is 154 Å². The summed E-state index contributed by atoms with van der Waals surface area (Å²) >= 11 is 1.85. The Hall–Kier alpha value is -11.9. The lowest BCUT2D eigenvalue weighted by Crippen LogP contribution is -2.25. The van der Waals surface area contributed by atoms with Crippen LogP contribution in [0.1, 0.15) is 94.5 Å². The highest BCUT2D eigenvalue weighted by Gasteiger charge is 2.54. The molecular weight excluding hydrogens is 1240 g/mol. The quantitative estimate of drug-likeness (QED) is 0.164. The average Bonchev–Trinajstić information content (AvgIpc) is 1.51. The van der Waals surface area contributed by atoms with Crippen LogP contribution in [0, 0.1) is 0 Å². The Bertz CT molecular complexity index is 6180. The Balaban J connectivity index is 0.808. The second kappa shape index (κ2) is 19.5. The summed E-state index contributed by atoms with van der Waals surface area (Å²) in [5.41, 5.74) is 41.0. The summed E-state index contributed by atoms with van der Waals surface area (Å²) in [6.45, 7) is 9.55. The Kier molecular flexibility index (Phi) is 10.8. The van der Waals surface area contributed by atoms with Crippen LogP contribution in [0.15, 0.2) is 303 Å². The number of nitrogens with zero attached hydrogens (tertiary/aromatic N) is 2. The smallest absolute Gasteiger partial charge is 0.109 e. The molecule has 470 valence electrons. The van der Waals surface area contributed by atoms with Crippen LogP contribution < -0.4 is 0 Å². The van der Waals surface area contributed by atoms with Crippen LogP contribution in [0.3, 0.4) is 0 Å². The van der Waals surface area contributed by atoms with E-state index in [0.29, 0.717) is 0 Å². The first-order valence-corrected chi connectivity index (χ1v) is 36.4. The monoisotopic (exact) mass is 1300 g/mol. The van der Waals surface area contributed by atoms with Crippen LogP contribution >= 0.6 is 11.3 Å². The van der Waals surface area contributed by atoms with Gasteiger partial charge in [-0.05, 0) is 202 Å². The molecule has 0 amide bonds. The molecule has 0 bridgehead atoms. The van der Waals surface area contributed by atoms with Crippen molar-refractivity contribution in [3.63, 3.8) is 0 Å². The number of aromatic nitrogens is 2. The van der Waals surface area contributed by atoms with Crippen LogP contribution in [-0.4, -0.2) is 9.97 Å². The van der Waals surface area contributed by atoms with E-state index in [0.717, 1.165) is 75.6 Å².